The van der Waals surface area contributed by atoms with Crippen molar-refractivity contribution in [1.82, 2.24) is 9.80 Å². The van der Waals surface area contributed by atoms with Crippen LogP contribution in [0.3, 0.4) is 0 Å². The summed E-state index contributed by atoms with van der Waals surface area (Å²) >= 11 is 22.8. The van der Waals surface area contributed by atoms with Crippen molar-refractivity contribution < 1.29 is 9.59 Å². The zero-order valence-corrected chi connectivity index (χ0v) is 18.0. The van der Waals surface area contributed by atoms with Crippen LogP contribution >= 0.6 is 46.4 Å². The molecule has 0 heterocycles. The molecule has 0 saturated carbocycles. The lowest BCUT2D eigenvalue weighted by molar-refractivity contribution is -0.130. The molecule has 0 aliphatic heterocycles. The van der Waals surface area contributed by atoms with Gasteiger partial charge in [-0.05, 0) is 24.0 Å². The third-order valence-corrected chi connectivity index (χ3v) is 4.50. The van der Waals surface area contributed by atoms with Gasteiger partial charge in [0.1, 0.15) is 0 Å². The van der Waals surface area contributed by atoms with Crippen molar-refractivity contribution in [1.29, 1.82) is 0 Å². The first kappa shape index (κ1) is 23.4. The Kier molecular flexibility index (Phi) is 10.7. The summed E-state index contributed by atoms with van der Waals surface area (Å²) < 4.78 is 0. The molecule has 0 spiro atoms. The van der Waals surface area contributed by atoms with Crippen LogP contribution in [-0.2, 0) is 22.7 Å². The molecule has 26 heavy (non-hydrogen) atoms. The van der Waals surface area contributed by atoms with Crippen LogP contribution in [-0.4, -0.2) is 44.4 Å². The van der Waals surface area contributed by atoms with Gasteiger partial charge in [-0.2, -0.15) is 0 Å². The molecular formula is C18H24Cl4N2O2. The molecule has 0 unspecified atom stereocenters. The molecule has 0 fully saturated rings. The fourth-order valence-electron chi connectivity index (χ4n) is 2.54. The van der Waals surface area contributed by atoms with E-state index in [0.717, 1.165) is 24.0 Å². The zero-order valence-electron chi connectivity index (χ0n) is 14.9. The number of nitrogens with zero attached hydrogens (tertiary/aromatic N) is 2. The van der Waals surface area contributed by atoms with Crippen molar-refractivity contribution in [2.24, 2.45) is 0 Å². The number of carbonyl (C=O) groups is 2. The molecule has 0 atom stereocenters. The molecule has 0 aliphatic rings. The van der Waals surface area contributed by atoms with E-state index in [0.29, 0.717) is 26.2 Å². The molecule has 0 bridgehead atoms. The minimum atomic E-state index is -1.06. The largest absolute Gasteiger partial charge is 0.336 e. The third kappa shape index (κ3) is 7.51. The number of alkyl halides is 4. The molecule has 1 aromatic rings. The Morgan fingerprint density at radius 2 is 1.08 bits per heavy atom. The number of benzene rings is 1. The first-order valence-electron chi connectivity index (χ1n) is 8.51. The van der Waals surface area contributed by atoms with Crippen molar-refractivity contribution in [2.45, 2.75) is 49.5 Å². The summed E-state index contributed by atoms with van der Waals surface area (Å²) in [6, 6.07) is 7.71. The van der Waals surface area contributed by atoms with Crippen molar-refractivity contribution in [3.8, 4) is 0 Å². The van der Waals surface area contributed by atoms with Crippen LogP contribution in [0.5, 0.6) is 0 Å². The molecule has 0 saturated heterocycles. The van der Waals surface area contributed by atoms with Crippen LogP contribution in [0.15, 0.2) is 24.3 Å². The molecule has 1 rings (SSSR count). The van der Waals surface area contributed by atoms with Crippen LogP contribution in [0.4, 0.5) is 0 Å². The van der Waals surface area contributed by atoms with E-state index in [9.17, 15) is 9.59 Å². The van der Waals surface area contributed by atoms with Crippen LogP contribution in [0, 0.1) is 0 Å². The fourth-order valence-corrected chi connectivity index (χ4v) is 3.09. The minimum absolute atomic E-state index is 0.297. The average molecular weight is 442 g/mol. The van der Waals surface area contributed by atoms with Crippen LogP contribution in [0.1, 0.15) is 37.8 Å². The number of halogens is 4. The van der Waals surface area contributed by atoms with Gasteiger partial charge >= 0.3 is 0 Å². The number of hydrogen-bond acceptors (Lipinski definition) is 2. The average Bonchev–Trinajstić information content (AvgIpc) is 2.61. The van der Waals surface area contributed by atoms with Crippen molar-refractivity contribution in [3.05, 3.63) is 35.4 Å². The summed E-state index contributed by atoms with van der Waals surface area (Å²) in [5.74, 6) is -0.594. The first-order chi connectivity index (χ1) is 12.3. The molecule has 0 N–H and O–H groups in total. The standard InChI is InChI=1S/C18H24Cl4N2O2/c1-3-9-23(17(25)15(19)20)11-13-5-7-14(8-6-13)12-24(10-4-2)18(26)16(21)22/h5-8,15-16H,3-4,9-12H2,1-2H3. The van der Waals surface area contributed by atoms with E-state index in [-0.39, 0.29) is 11.8 Å². The zero-order chi connectivity index (χ0) is 19.7. The Hall–Kier alpha value is -0.680. The molecule has 2 amide bonds. The number of amides is 2. The quantitative estimate of drug-likeness (QED) is 0.490. The second kappa shape index (κ2) is 11.9. The molecule has 0 radical (unpaired) electrons. The summed E-state index contributed by atoms with van der Waals surface area (Å²) in [4.78, 5) is 25.3. The lowest BCUT2D eigenvalue weighted by Crippen LogP contribution is -2.35. The molecule has 4 nitrogen and oxygen atoms in total. The van der Waals surface area contributed by atoms with E-state index >= 15 is 0 Å². The summed E-state index contributed by atoms with van der Waals surface area (Å²) in [5.41, 5.74) is 1.93. The van der Waals surface area contributed by atoms with E-state index in [4.69, 9.17) is 46.4 Å². The number of rotatable bonds is 10. The van der Waals surface area contributed by atoms with E-state index in [2.05, 4.69) is 0 Å². The van der Waals surface area contributed by atoms with Crippen molar-refractivity contribution >= 4 is 58.2 Å². The fraction of sp³-hybridized carbons (Fsp3) is 0.556. The second-order valence-electron chi connectivity index (χ2n) is 5.94. The highest BCUT2D eigenvalue weighted by atomic mass is 35.5. The number of hydrogen-bond donors (Lipinski definition) is 0. The Morgan fingerprint density at radius 3 is 1.31 bits per heavy atom. The summed E-state index contributed by atoms with van der Waals surface area (Å²) in [5, 5.41) is 0. The van der Waals surface area contributed by atoms with Gasteiger partial charge in [-0.1, -0.05) is 84.5 Å². The molecule has 146 valence electrons. The van der Waals surface area contributed by atoms with Gasteiger partial charge in [-0.3, -0.25) is 9.59 Å². The maximum Gasteiger partial charge on any atom is 0.256 e. The third-order valence-electron chi connectivity index (χ3n) is 3.75. The minimum Gasteiger partial charge on any atom is -0.336 e. The molecule has 0 aliphatic carbocycles. The second-order valence-corrected chi connectivity index (χ2v) is 8.13. The number of carbonyl (C=O) groups excluding carboxylic acids is 2. The summed E-state index contributed by atoms with van der Waals surface area (Å²) in [6.07, 6.45) is 1.63. The lowest BCUT2D eigenvalue weighted by atomic mass is 10.1. The maximum atomic E-state index is 12.1. The van der Waals surface area contributed by atoms with Crippen LogP contribution in [0.25, 0.3) is 0 Å². The maximum absolute atomic E-state index is 12.1. The van der Waals surface area contributed by atoms with Gasteiger partial charge in [-0.25, -0.2) is 0 Å². The van der Waals surface area contributed by atoms with E-state index in [1.165, 1.54) is 0 Å². The van der Waals surface area contributed by atoms with E-state index < -0.39 is 9.67 Å². The highest BCUT2D eigenvalue weighted by molar-refractivity contribution is 6.53. The summed E-state index contributed by atoms with van der Waals surface area (Å²) in [6.45, 7) is 6.02. The smallest absolute Gasteiger partial charge is 0.256 e. The molecule has 0 aromatic heterocycles. The Morgan fingerprint density at radius 1 is 0.769 bits per heavy atom. The normalized spacial score (nSPS) is 11.1. The van der Waals surface area contributed by atoms with E-state index in [1.807, 2.05) is 38.1 Å². The van der Waals surface area contributed by atoms with Gasteiger partial charge in [0.15, 0.2) is 9.67 Å². The Bertz CT molecular complexity index is 528. The first-order valence-corrected chi connectivity index (χ1v) is 10.3. The van der Waals surface area contributed by atoms with Crippen molar-refractivity contribution in [3.63, 3.8) is 0 Å². The monoisotopic (exact) mass is 440 g/mol. The SMILES string of the molecule is CCCN(Cc1ccc(CN(CCC)C(=O)C(Cl)Cl)cc1)C(=O)C(Cl)Cl. The highest BCUT2D eigenvalue weighted by Gasteiger charge is 2.21. The van der Waals surface area contributed by atoms with E-state index in [1.54, 1.807) is 9.80 Å². The summed E-state index contributed by atoms with van der Waals surface area (Å²) in [7, 11) is 0. The van der Waals surface area contributed by atoms with Crippen LogP contribution < -0.4 is 0 Å². The van der Waals surface area contributed by atoms with Crippen LogP contribution in [0.2, 0.25) is 0 Å². The molecule has 1 aromatic carbocycles. The highest BCUT2D eigenvalue weighted by Crippen LogP contribution is 2.16. The molecule has 8 heteroatoms. The topological polar surface area (TPSA) is 40.6 Å². The van der Waals surface area contributed by atoms with Gasteiger partial charge in [0.25, 0.3) is 11.8 Å². The van der Waals surface area contributed by atoms with Gasteiger partial charge in [0.2, 0.25) is 0 Å². The van der Waals surface area contributed by atoms with Crippen molar-refractivity contribution in [2.75, 3.05) is 13.1 Å². The van der Waals surface area contributed by atoms with Gasteiger partial charge in [0.05, 0.1) is 0 Å². The Balaban J connectivity index is 2.80. The molecular weight excluding hydrogens is 418 g/mol. The lowest BCUT2D eigenvalue weighted by Gasteiger charge is -2.24. The Labute approximate surface area is 175 Å². The van der Waals surface area contributed by atoms with Gasteiger partial charge in [-0.15, -0.1) is 0 Å². The predicted octanol–water partition coefficient (Wildman–Crippen LogP) is 4.77. The van der Waals surface area contributed by atoms with Gasteiger partial charge in [0, 0.05) is 26.2 Å². The predicted molar refractivity (Wildman–Crippen MR) is 109 cm³/mol. The van der Waals surface area contributed by atoms with Gasteiger partial charge < -0.3 is 9.80 Å².